The van der Waals surface area contributed by atoms with Crippen LogP contribution in [0, 0.1) is 6.92 Å². The molecule has 4 rings (SSSR count). The molecule has 0 saturated carbocycles. The van der Waals surface area contributed by atoms with E-state index < -0.39 is 23.8 Å². The summed E-state index contributed by atoms with van der Waals surface area (Å²) in [6, 6.07) is 12.8. The Bertz CT molecular complexity index is 1520. The van der Waals surface area contributed by atoms with Crippen LogP contribution in [0.4, 0.5) is 9.59 Å². The van der Waals surface area contributed by atoms with Gasteiger partial charge in [-0.15, -0.1) is 0 Å². The molecule has 1 N–H and O–H groups in total. The number of benzene rings is 2. The van der Waals surface area contributed by atoms with Crippen molar-refractivity contribution in [2.24, 2.45) is 0 Å². The average molecular weight is 541 g/mol. The number of hydrogen-bond donors (Lipinski definition) is 1. The molecule has 7 heteroatoms. The summed E-state index contributed by atoms with van der Waals surface area (Å²) < 4.78 is 12.7. The van der Waals surface area contributed by atoms with Gasteiger partial charge in [0.1, 0.15) is 18.5 Å². The molecule has 0 radical (unpaired) electrons. The van der Waals surface area contributed by atoms with Gasteiger partial charge < -0.3 is 19.6 Å². The van der Waals surface area contributed by atoms with Crippen molar-refractivity contribution in [2.75, 3.05) is 6.61 Å². The molecule has 7 nitrogen and oxygen atoms in total. The first-order chi connectivity index (χ1) is 19.1. The Labute approximate surface area is 235 Å². The summed E-state index contributed by atoms with van der Waals surface area (Å²) in [5.74, 6) is -0.143. The molecule has 0 aliphatic heterocycles. The number of fused-ring (bicyclic) bond motifs is 2. The van der Waals surface area contributed by atoms with Crippen molar-refractivity contribution < 1.29 is 23.9 Å². The Morgan fingerprint density at radius 3 is 2.58 bits per heavy atom. The number of aromatic nitrogens is 1. The van der Waals surface area contributed by atoms with Crippen molar-refractivity contribution in [1.29, 1.82) is 0 Å². The number of hydrogen-bond acceptors (Lipinski definition) is 5. The number of amides is 1. The van der Waals surface area contributed by atoms with Crippen LogP contribution < -0.4 is 5.32 Å². The zero-order valence-corrected chi connectivity index (χ0v) is 23.7. The molecule has 0 saturated heterocycles. The van der Waals surface area contributed by atoms with E-state index in [-0.39, 0.29) is 18.9 Å². The number of ether oxygens (including phenoxy) is 2. The zero-order valence-electron chi connectivity index (χ0n) is 23.7. The van der Waals surface area contributed by atoms with E-state index in [0.717, 1.165) is 38.8 Å². The van der Waals surface area contributed by atoms with Crippen molar-refractivity contribution in [2.45, 2.75) is 58.6 Å². The van der Waals surface area contributed by atoms with Gasteiger partial charge in [-0.3, -0.25) is 4.57 Å². The zero-order chi connectivity index (χ0) is 29.0. The van der Waals surface area contributed by atoms with Gasteiger partial charge in [-0.2, -0.15) is 0 Å². The number of aldehydes is 1. The number of alkyl carbamates (subject to hydrolysis) is 1. The predicted octanol–water partition coefficient (Wildman–Crippen LogP) is 6.88. The lowest BCUT2D eigenvalue weighted by Gasteiger charge is -2.20. The highest BCUT2D eigenvalue weighted by Gasteiger charge is 2.30. The molecule has 3 aromatic rings. The van der Waals surface area contributed by atoms with Gasteiger partial charge >= 0.3 is 12.2 Å². The lowest BCUT2D eigenvalue weighted by Crippen LogP contribution is -2.38. The third-order valence-electron chi connectivity index (χ3n) is 6.85. The first-order valence-corrected chi connectivity index (χ1v) is 13.4. The highest BCUT2D eigenvalue weighted by molar-refractivity contribution is 5.94. The summed E-state index contributed by atoms with van der Waals surface area (Å²) >= 11 is 0. The van der Waals surface area contributed by atoms with Gasteiger partial charge in [-0.1, -0.05) is 67.3 Å². The third kappa shape index (κ3) is 5.93. The summed E-state index contributed by atoms with van der Waals surface area (Å²) in [5.41, 5.74) is 5.86. The highest BCUT2D eigenvalue weighted by Crippen LogP contribution is 2.43. The molecule has 0 bridgehead atoms. The molecule has 2 aromatic carbocycles. The summed E-state index contributed by atoms with van der Waals surface area (Å²) in [4.78, 5) is 37.8. The van der Waals surface area contributed by atoms with E-state index in [9.17, 15) is 14.4 Å². The van der Waals surface area contributed by atoms with E-state index in [1.54, 1.807) is 6.20 Å². The number of allylic oxidation sites excluding steroid dienone is 4. The molecule has 208 valence electrons. The number of carbonyl (C=O) groups excluding carboxylic acids is 3. The van der Waals surface area contributed by atoms with E-state index in [0.29, 0.717) is 11.8 Å². The molecule has 0 fully saturated rings. The van der Waals surface area contributed by atoms with Gasteiger partial charge in [-0.05, 0) is 68.0 Å². The number of carbonyl (C=O) groups is 3. The monoisotopic (exact) mass is 540 g/mol. The van der Waals surface area contributed by atoms with Gasteiger partial charge in [0, 0.05) is 23.9 Å². The number of rotatable bonds is 8. The van der Waals surface area contributed by atoms with Crippen LogP contribution in [0.3, 0.4) is 0 Å². The van der Waals surface area contributed by atoms with Crippen molar-refractivity contribution >= 4 is 34.9 Å². The Balaban J connectivity index is 1.50. The SMILES string of the molecule is C=CC1=C(/C=C\C)C(COC(=O)NC(C=O)Cc2cn(C(=O)OC(C)(C)C)c3c(C)cccc23)c2ccccc21. The van der Waals surface area contributed by atoms with E-state index >= 15 is 0 Å². The topological polar surface area (TPSA) is 86.6 Å². The van der Waals surface area contributed by atoms with E-state index in [1.807, 2.05) is 95.3 Å². The summed E-state index contributed by atoms with van der Waals surface area (Å²) in [7, 11) is 0. The maximum Gasteiger partial charge on any atom is 0.419 e. The lowest BCUT2D eigenvalue weighted by atomic mass is 9.96. The molecule has 1 aliphatic carbocycles. The first-order valence-electron chi connectivity index (χ1n) is 13.4. The second-order valence-electron chi connectivity index (χ2n) is 10.9. The number of nitrogens with one attached hydrogen (secondary N) is 1. The van der Waals surface area contributed by atoms with Crippen molar-refractivity contribution in [1.82, 2.24) is 9.88 Å². The van der Waals surface area contributed by atoms with Crippen molar-refractivity contribution in [3.8, 4) is 0 Å². The maximum absolute atomic E-state index is 13.0. The molecule has 1 aliphatic rings. The smallest absolute Gasteiger partial charge is 0.419 e. The minimum absolute atomic E-state index is 0.114. The average Bonchev–Trinajstić information content (AvgIpc) is 3.42. The van der Waals surface area contributed by atoms with Crippen LogP contribution in [0.2, 0.25) is 0 Å². The summed E-state index contributed by atoms with van der Waals surface area (Å²) in [6.45, 7) is 13.4. The molecule has 1 heterocycles. The lowest BCUT2D eigenvalue weighted by molar-refractivity contribution is -0.109. The van der Waals surface area contributed by atoms with Crippen LogP contribution in [0.15, 0.2) is 79.0 Å². The van der Waals surface area contributed by atoms with Gasteiger partial charge in [0.15, 0.2) is 0 Å². The molecular weight excluding hydrogens is 504 g/mol. The van der Waals surface area contributed by atoms with Crippen LogP contribution in [0.25, 0.3) is 16.5 Å². The summed E-state index contributed by atoms with van der Waals surface area (Å²) in [6.07, 6.45) is 7.14. The normalized spacial score (nSPS) is 15.7. The fourth-order valence-corrected chi connectivity index (χ4v) is 5.22. The van der Waals surface area contributed by atoms with Crippen molar-refractivity contribution in [3.63, 3.8) is 0 Å². The fourth-order valence-electron chi connectivity index (χ4n) is 5.22. The first kappa shape index (κ1) is 28.6. The second-order valence-corrected chi connectivity index (χ2v) is 10.9. The van der Waals surface area contributed by atoms with Crippen LogP contribution >= 0.6 is 0 Å². The quantitative estimate of drug-likeness (QED) is 0.315. The van der Waals surface area contributed by atoms with E-state index in [2.05, 4.69) is 11.9 Å². The molecule has 2 unspecified atom stereocenters. The predicted molar refractivity (Wildman–Crippen MR) is 157 cm³/mol. The van der Waals surface area contributed by atoms with Crippen LogP contribution in [-0.2, 0) is 20.7 Å². The standard InChI is InChI=1S/C33H36N2O5/c1-7-12-26-24(8-2)27-14-9-10-15-28(27)29(26)20-39-31(37)34-23(19-36)17-22-18-35(32(38)40-33(4,5)6)30-21(3)13-11-16-25(22)30/h7-16,18-19,23,29H,2,17,20H2,1,3-6H3,(H,34,37)/b12-7-. The number of nitrogens with zero attached hydrogens (tertiary/aromatic N) is 1. The van der Waals surface area contributed by atoms with E-state index in [4.69, 9.17) is 9.47 Å². The van der Waals surface area contributed by atoms with Crippen molar-refractivity contribution in [3.05, 3.63) is 101 Å². The van der Waals surface area contributed by atoms with Gasteiger partial charge in [0.2, 0.25) is 0 Å². The Morgan fingerprint density at radius 1 is 1.15 bits per heavy atom. The minimum Gasteiger partial charge on any atom is -0.449 e. The molecule has 1 aromatic heterocycles. The second kappa shape index (κ2) is 11.8. The van der Waals surface area contributed by atoms with Gasteiger partial charge in [0.05, 0.1) is 11.6 Å². The molecule has 40 heavy (non-hydrogen) atoms. The molecule has 0 spiro atoms. The van der Waals surface area contributed by atoms with Crippen LogP contribution in [0.1, 0.15) is 55.9 Å². The Kier molecular flexibility index (Phi) is 8.43. The fraction of sp³-hybridized carbons (Fsp3) is 0.303. The van der Waals surface area contributed by atoms with E-state index in [1.165, 1.54) is 4.57 Å². The number of para-hydroxylation sites is 1. The minimum atomic E-state index is -0.851. The number of aryl methyl sites for hydroxylation is 1. The highest BCUT2D eigenvalue weighted by atomic mass is 16.6. The van der Waals surface area contributed by atoms with Gasteiger partial charge in [-0.25, -0.2) is 9.59 Å². The van der Waals surface area contributed by atoms with Gasteiger partial charge in [0.25, 0.3) is 0 Å². The largest absolute Gasteiger partial charge is 0.449 e. The summed E-state index contributed by atoms with van der Waals surface area (Å²) in [5, 5.41) is 3.50. The Morgan fingerprint density at radius 2 is 1.90 bits per heavy atom. The van der Waals surface area contributed by atoms with Crippen LogP contribution in [-0.4, -0.2) is 41.3 Å². The van der Waals surface area contributed by atoms with Crippen LogP contribution in [0.5, 0.6) is 0 Å². The third-order valence-corrected chi connectivity index (χ3v) is 6.85. The maximum atomic E-state index is 13.0. The molecule has 1 amide bonds. The Hall–Kier alpha value is -4.39. The molecule has 2 atom stereocenters. The molecular formula is C33H36N2O5.